The number of likely N-dealkylation sites (N-methyl/N-ethyl adjacent to an activating group) is 1. The molecule has 2 aromatic heterocycles. The van der Waals surface area contributed by atoms with Gasteiger partial charge in [0, 0.05) is 19.6 Å². The predicted molar refractivity (Wildman–Crippen MR) is 104 cm³/mol. The van der Waals surface area contributed by atoms with E-state index in [2.05, 4.69) is 62.1 Å². The quantitative estimate of drug-likeness (QED) is 0.761. The van der Waals surface area contributed by atoms with E-state index in [1.807, 2.05) is 10.9 Å². The van der Waals surface area contributed by atoms with Gasteiger partial charge in [-0.2, -0.15) is 0 Å². The highest BCUT2D eigenvalue weighted by Gasteiger charge is 2.45. The van der Waals surface area contributed by atoms with Crippen LogP contribution in [0.3, 0.4) is 0 Å². The van der Waals surface area contributed by atoms with E-state index in [0.717, 1.165) is 49.5 Å². The van der Waals surface area contributed by atoms with Crippen LogP contribution >= 0.6 is 0 Å². The Morgan fingerprint density at radius 1 is 1.11 bits per heavy atom. The number of hydrogen-bond acceptors (Lipinski definition) is 6. The number of imidazole rings is 1. The Morgan fingerprint density at radius 2 is 1.93 bits per heavy atom. The molecule has 5 rings (SSSR count). The molecule has 0 radical (unpaired) electrons. The first-order chi connectivity index (χ1) is 13.2. The lowest BCUT2D eigenvalue weighted by atomic mass is 10.0. The van der Waals surface area contributed by atoms with Gasteiger partial charge in [0.05, 0.1) is 24.5 Å². The van der Waals surface area contributed by atoms with Gasteiger partial charge in [0.2, 0.25) is 0 Å². The van der Waals surface area contributed by atoms with Crippen molar-refractivity contribution in [3.05, 3.63) is 48.5 Å². The fourth-order valence-corrected chi connectivity index (χ4v) is 4.13. The Morgan fingerprint density at radius 3 is 2.67 bits per heavy atom. The molecule has 7 nitrogen and oxygen atoms in total. The maximum atomic E-state index is 9.82. The number of aliphatic hydroxyl groups is 1. The Balaban J connectivity index is 1.59. The summed E-state index contributed by atoms with van der Waals surface area (Å²) in [5, 5.41) is 9.82. The molecule has 3 aromatic rings. The van der Waals surface area contributed by atoms with Crippen LogP contribution in [0.25, 0.3) is 11.2 Å². The normalized spacial score (nSPS) is 22.3. The average Bonchev–Trinajstić information content (AvgIpc) is 3.39. The van der Waals surface area contributed by atoms with E-state index in [9.17, 15) is 5.11 Å². The summed E-state index contributed by atoms with van der Waals surface area (Å²) in [4.78, 5) is 18.5. The summed E-state index contributed by atoms with van der Waals surface area (Å²) in [6.07, 6.45) is 5.38. The van der Waals surface area contributed by atoms with Gasteiger partial charge in [0.1, 0.15) is 6.33 Å². The van der Waals surface area contributed by atoms with Crippen molar-refractivity contribution in [2.24, 2.45) is 0 Å². The zero-order chi connectivity index (χ0) is 18.4. The predicted octanol–water partition coefficient (Wildman–Crippen LogP) is 1.80. The second kappa shape index (κ2) is 6.28. The molecular formula is C20H24N6O. The van der Waals surface area contributed by atoms with Gasteiger partial charge >= 0.3 is 0 Å². The highest BCUT2D eigenvalue weighted by molar-refractivity contribution is 5.84. The molecule has 1 aliphatic heterocycles. The van der Waals surface area contributed by atoms with Crippen molar-refractivity contribution >= 4 is 17.0 Å². The molecule has 1 aliphatic carbocycles. The largest absolute Gasteiger partial charge is 0.394 e. The first-order valence-electron chi connectivity index (χ1n) is 9.51. The van der Waals surface area contributed by atoms with Gasteiger partial charge in [-0.1, -0.05) is 30.3 Å². The molecule has 27 heavy (non-hydrogen) atoms. The summed E-state index contributed by atoms with van der Waals surface area (Å²) in [5.41, 5.74) is 2.70. The number of hydrogen-bond donors (Lipinski definition) is 1. The molecule has 140 valence electrons. The SMILES string of the molecule is CN1CCN(c2ncnc3c2ncn3C2(CO)CC2)C(c2ccccc2)C1. The number of aliphatic hydroxyl groups excluding tert-OH is 1. The van der Waals surface area contributed by atoms with Crippen LogP contribution in [0.1, 0.15) is 24.4 Å². The number of aromatic nitrogens is 4. The van der Waals surface area contributed by atoms with Crippen LogP contribution in [-0.2, 0) is 5.54 Å². The van der Waals surface area contributed by atoms with E-state index < -0.39 is 0 Å². The van der Waals surface area contributed by atoms with Gasteiger partial charge in [-0.15, -0.1) is 0 Å². The summed E-state index contributed by atoms with van der Waals surface area (Å²) >= 11 is 0. The molecule has 1 saturated carbocycles. The Labute approximate surface area is 158 Å². The Bertz CT molecular complexity index is 952. The minimum Gasteiger partial charge on any atom is -0.394 e. The Hall–Kier alpha value is -2.51. The van der Waals surface area contributed by atoms with Crippen LogP contribution in [0.5, 0.6) is 0 Å². The fraction of sp³-hybridized carbons (Fsp3) is 0.450. The maximum Gasteiger partial charge on any atom is 0.166 e. The molecule has 1 aromatic carbocycles. The van der Waals surface area contributed by atoms with Gasteiger partial charge in [0.25, 0.3) is 0 Å². The van der Waals surface area contributed by atoms with Crippen molar-refractivity contribution in [1.82, 2.24) is 24.4 Å². The number of fused-ring (bicyclic) bond motifs is 1. The zero-order valence-corrected chi connectivity index (χ0v) is 15.5. The number of anilines is 1. The van der Waals surface area contributed by atoms with Gasteiger partial charge in [0.15, 0.2) is 17.0 Å². The van der Waals surface area contributed by atoms with Crippen molar-refractivity contribution in [3.8, 4) is 0 Å². The van der Waals surface area contributed by atoms with Crippen LogP contribution in [0, 0.1) is 0 Å². The summed E-state index contributed by atoms with van der Waals surface area (Å²) in [7, 11) is 2.16. The summed E-state index contributed by atoms with van der Waals surface area (Å²) in [6.45, 7) is 2.94. The molecular weight excluding hydrogens is 340 g/mol. The van der Waals surface area contributed by atoms with Crippen LogP contribution in [-0.4, -0.2) is 62.8 Å². The van der Waals surface area contributed by atoms with Gasteiger partial charge in [-0.3, -0.25) is 0 Å². The number of piperazine rings is 1. The van der Waals surface area contributed by atoms with Crippen molar-refractivity contribution in [2.45, 2.75) is 24.4 Å². The standard InChI is InChI=1S/C20H24N6O/c1-24-9-10-25(16(11-24)15-5-3-2-4-6-15)18-17-19(22-13-21-18)26(14-23-17)20(12-27)7-8-20/h2-6,13-14,16,27H,7-12H2,1H3. The summed E-state index contributed by atoms with van der Waals surface area (Å²) in [6, 6.07) is 10.8. The molecule has 7 heteroatoms. The monoisotopic (exact) mass is 364 g/mol. The van der Waals surface area contributed by atoms with Crippen LogP contribution in [0.2, 0.25) is 0 Å². The van der Waals surface area contributed by atoms with Gasteiger partial charge in [-0.25, -0.2) is 15.0 Å². The smallest absolute Gasteiger partial charge is 0.166 e. The third-order valence-electron chi connectivity index (χ3n) is 5.99. The lowest BCUT2D eigenvalue weighted by Gasteiger charge is -2.41. The van der Waals surface area contributed by atoms with E-state index in [1.165, 1.54) is 5.56 Å². The van der Waals surface area contributed by atoms with Crippen molar-refractivity contribution in [1.29, 1.82) is 0 Å². The lowest BCUT2D eigenvalue weighted by Crippen LogP contribution is -2.47. The molecule has 0 bridgehead atoms. The van der Waals surface area contributed by atoms with E-state index in [1.54, 1.807) is 6.33 Å². The van der Waals surface area contributed by atoms with E-state index >= 15 is 0 Å². The first-order valence-corrected chi connectivity index (χ1v) is 9.51. The molecule has 2 aliphatic rings. The van der Waals surface area contributed by atoms with Crippen molar-refractivity contribution in [2.75, 3.05) is 38.2 Å². The second-order valence-corrected chi connectivity index (χ2v) is 7.75. The molecule has 1 N–H and O–H groups in total. The zero-order valence-electron chi connectivity index (χ0n) is 15.5. The minimum atomic E-state index is -0.221. The third kappa shape index (κ3) is 2.69. The number of rotatable bonds is 4. The van der Waals surface area contributed by atoms with Gasteiger partial charge < -0.3 is 19.5 Å². The Kier molecular flexibility index (Phi) is 3.87. The van der Waals surface area contributed by atoms with Gasteiger partial charge in [-0.05, 0) is 25.5 Å². The van der Waals surface area contributed by atoms with Crippen molar-refractivity contribution < 1.29 is 5.11 Å². The van der Waals surface area contributed by atoms with Crippen LogP contribution < -0.4 is 4.90 Å². The first kappa shape index (κ1) is 16.6. The molecule has 1 unspecified atom stereocenters. The summed E-state index contributed by atoms with van der Waals surface area (Å²) in [5.74, 6) is 0.884. The maximum absolute atomic E-state index is 9.82. The van der Waals surface area contributed by atoms with E-state index in [-0.39, 0.29) is 18.2 Å². The molecule has 1 atom stereocenters. The second-order valence-electron chi connectivity index (χ2n) is 7.75. The van der Waals surface area contributed by atoms with Crippen LogP contribution in [0.15, 0.2) is 43.0 Å². The number of benzene rings is 1. The van der Waals surface area contributed by atoms with Crippen LogP contribution in [0.4, 0.5) is 5.82 Å². The highest BCUT2D eigenvalue weighted by atomic mass is 16.3. The summed E-state index contributed by atoms with van der Waals surface area (Å²) < 4.78 is 2.04. The highest BCUT2D eigenvalue weighted by Crippen LogP contribution is 2.45. The molecule has 3 heterocycles. The molecule has 2 fully saturated rings. The number of nitrogens with zero attached hydrogens (tertiary/aromatic N) is 6. The lowest BCUT2D eigenvalue weighted by molar-refractivity contribution is 0.215. The topological polar surface area (TPSA) is 70.3 Å². The van der Waals surface area contributed by atoms with Crippen molar-refractivity contribution in [3.63, 3.8) is 0 Å². The average molecular weight is 364 g/mol. The van der Waals surface area contributed by atoms with E-state index in [0.29, 0.717) is 0 Å². The molecule has 0 amide bonds. The van der Waals surface area contributed by atoms with E-state index in [4.69, 9.17) is 0 Å². The molecule has 1 saturated heterocycles. The molecule has 0 spiro atoms. The minimum absolute atomic E-state index is 0.124. The fourth-order valence-electron chi connectivity index (χ4n) is 4.13. The third-order valence-corrected chi connectivity index (χ3v) is 5.99.